The molecule has 60 heavy (non-hydrogen) atoms. The van der Waals surface area contributed by atoms with Crippen LogP contribution in [0.1, 0.15) is 81.7 Å². The van der Waals surface area contributed by atoms with Crippen LogP contribution in [0.4, 0.5) is 24.5 Å². The van der Waals surface area contributed by atoms with Crippen molar-refractivity contribution in [3.63, 3.8) is 0 Å². The van der Waals surface area contributed by atoms with Gasteiger partial charge in [-0.1, -0.05) is 6.07 Å². The van der Waals surface area contributed by atoms with Crippen molar-refractivity contribution in [2.45, 2.75) is 88.3 Å². The molecule has 2 aliphatic heterocycles. The highest BCUT2D eigenvalue weighted by Crippen LogP contribution is 2.55. The molecule has 2 saturated heterocycles. The molecule has 1 aromatic heterocycles. The summed E-state index contributed by atoms with van der Waals surface area (Å²) in [6.45, 7) is 1.21. The molecule has 18 heteroatoms. The lowest BCUT2D eigenvalue weighted by molar-refractivity contribution is -0.133. The minimum absolute atomic E-state index is 0.0387. The molecule has 1 spiro atoms. The Morgan fingerprint density at radius 1 is 0.950 bits per heavy atom. The van der Waals surface area contributed by atoms with Gasteiger partial charge in [0, 0.05) is 37.8 Å². The van der Waals surface area contributed by atoms with Gasteiger partial charge in [0.1, 0.15) is 17.6 Å². The molecular weight excluding hydrogens is 804 g/mol. The van der Waals surface area contributed by atoms with Gasteiger partial charge >= 0.3 is 10.2 Å². The molecule has 1 unspecified atom stereocenters. The number of carbonyl (C=O) groups is 2. The van der Waals surface area contributed by atoms with Crippen LogP contribution in [0, 0.1) is 22.9 Å². The number of amides is 2. The number of piperidine rings is 2. The second-order valence-corrected chi connectivity index (χ2v) is 18.4. The Balaban J connectivity index is 0.851. The van der Waals surface area contributed by atoms with Crippen LogP contribution in [0.15, 0.2) is 59.7 Å². The number of ether oxygens (including phenoxy) is 1. The van der Waals surface area contributed by atoms with Gasteiger partial charge in [-0.2, -0.15) is 12.7 Å². The third kappa shape index (κ3) is 8.47. The number of nitrogens with one attached hydrogen (secondary N) is 3. The molecule has 2 saturated carbocycles. The second-order valence-electron chi connectivity index (χ2n) is 16.6. The maximum atomic E-state index is 15.4. The van der Waals surface area contributed by atoms with Crippen molar-refractivity contribution in [1.29, 1.82) is 0 Å². The number of halogens is 3. The molecule has 1 atom stereocenters. The smallest absolute Gasteiger partial charge is 0.301 e. The SMILES string of the molecule is CN(CCO)S(=O)(=O)Nc1ccc(F)c(Oc2ccc3ncn(C4CC5(CCN(C6CCC(c7ccc(NC8CCC(=O)NC8=O)cc7F)CC6)CC5)C4)c(=O)c3c2)c1F. The fraction of sp³-hybridized carbons (Fsp3) is 0.476. The quantitative estimate of drug-likeness (QED) is 0.132. The number of aliphatic hydroxyl groups is 1. The third-order valence-electron chi connectivity index (χ3n) is 12.9. The maximum absolute atomic E-state index is 15.4. The van der Waals surface area contributed by atoms with E-state index < -0.39 is 51.8 Å². The predicted molar refractivity (Wildman–Crippen MR) is 217 cm³/mol. The molecule has 4 aromatic rings. The number of aliphatic hydroxyl groups excluding tert-OH is 1. The van der Waals surface area contributed by atoms with Gasteiger partial charge in [-0.05, 0) is 130 Å². The number of anilines is 2. The largest absolute Gasteiger partial charge is 0.451 e. The Morgan fingerprint density at radius 3 is 2.40 bits per heavy atom. The molecule has 0 bridgehead atoms. The van der Waals surface area contributed by atoms with Crippen LogP contribution >= 0.6 is 0 Å². The number of carbonyl (C=O) groups excluding carboxylic acids is 2. The average Bonchev–Trinajstić information content (AvgIpc) is 3.21. The minimum Gasteiger partial charge on any atom is -0.451 e. The second kappa shape index (κ2) is 16.8. The van der Waals surface area contributed by atoms with Gasteiger partial charge < -0.3 is 20.1 Å². The zero-order chi connectivity index (χ0) is 42.3. The number of fused-ring (bicyclic) bond motifs is 1. The van der Waals surface area contributed by atoms with Crippen molar-refractivity contribution in [3.05, 3.63) is 88.2 Å². The summed E-state index contributed by atoms with van der Waals surface area (Å²) in [6, 6.07) is 11.0. The summed E-state index contributed by atoms with van der Waals surface area (Å²) < 4.78 is 80.6. The van der Waals surface area contributed by atoms with Crippen LogP contribution in [0.5, 0.6) is 11.5 Å². The van der Waals surface area contributed by atoms with Gasteiger partial charge in [0.05, 0.1) is 29.5 Å². The standard InChI is InChI=1S/C42H48F3N7O7S/c1-50(18-19-53)60(57,58)49-35-11-9-32(43)39(38(35)45)59-29-7-10-34-31(21-29)41(56)52(24-46-34)28-22-42(23-28)14-16-51(17-15-42)27-5-2-25(3-6-27)30-8-4-26(20-33(30)44)47-36-12-13-37(54)48-40(36)55/h4,7-11,20-21,24-25,27-28,36,47,49,53H,2-3,5-6,12-19,22-23H2,1H3,(H,48,54,55). The van der Waals surface area contributed by atoms with Crippen molar-refractivity contribution in [1.82, 2.24) is 24.1 Å². The van der Waals surface area contributed by atoms with E-state index in [1.807, 2.05) is 16.9 Å². The first kappa shape index (κ1) is 41.7. The van der Waals surface area contributed by atoms with Crippen LogP contribution in [0.25, 0.3) is 10.9 Å². The van der Waals surface area contributed by atoms with Gasteiger partial charge in [-0.25, -0.2) is 18.2 Å². The van der Waals surface area contributed by atoms with E-state index in [2.05, 4.69) is 20.5 Å². The van der Waals surface area contributed by atoms with Crippen molar-refractivity contribution in [2.75, 3.05) is 43.3 Å². The molecule has 4 N–H and O–H groups in total. The van der Waals surface area contributed by atoms with Crippen molar-refractivity contribution < 1.29 is 41.0 Å². The van der Waals surface area contributed by atoms with E-state index in [0.717, 1.165) is 80.9 Å². The highest BCUT2D eigenvalue weighted by Gasteiger charge is 2.47. The van der Waals surface area contributed by atoms with Crippen LogP contribution < -0.4 is 25.7 Å². The van der Waals surface area contributed by atoms with E-state index >= 15 is 8.78 Å². The predicted octanol–water partition coefficient (Wildman–Crippen LogP) is 5.55. The average molecular weight is 852 g/mol. The zero-order valence-electron chi connectivity index (χ0n) is 33.1. The van der Waals surface area contributed by atoms with Gasteiger partial charge in [0.25, 0.3) is 5.56 Å². The fourth-order valence-corrected chi connectivity index (χ4v) is 10.3. The summed E-state index contributed by atoms with van der Waals surface area (Å²) in [5, 5.41) is 14.7. The summed E-state index contributed by atoms with van der Waals surface area (Å²) in [4.78, 5) is 44.4. The molecular formula is C42H48F3N7O7S. The number of benzene rings is 3. The number of hydrogen-bond donors (Lipinski definition) is 4. The summed E-state index contributed by atoms with van der Waals surface area (Å²) in [5.41, 5.74) is 0.868. The highest BCUT2D eigenvalue weighted by molar-refractivity contribution is 7.90. The molecule has 4 fully saturated rings. The Hall–Kier alpha value is -5.04. The van der Waals surface area contributed by atoms with Gasteiger partial charge in [-0.15, -0.1) is 0 Å². The summed E-state index contributed by atoms with van der Waals surface area (Å²) in [5.74, 6) is -4.12. The van der Waals surface area contributed by atoms with E-state index in [-0.39, 0.29) is 58.8 Å². The Bertz CT molecular complexity index is 2460. The Labute approximate surface area is 345 Å². The normalized spacial score (nSPS) is 22.5. The highest BCUT2D eigenvalue weighted by atomic mass is 32.2. The first-order chi connectivity index (χ1) is 28.7. The number of aromatic nitrogens is 2. The van der Waals surface area contributed by atoms with E-state index in [1.54, 1.807) is 10.9 Å². The number of likely N-dealkylation sites (tertiary alicyclic amines) is 1. The number of likely N-dealkylation sites (N-methyl/N-ethyl adjacent to an activating group) is 1. The van der Waals surface area contributed by atoms with E-state index in [1.165, 1.54) is 31.3 Å². The lowest BCUT2D eigenvalue weighted by atomic mass is 9.60. The third-order valence-corrected chi connectivity index (χ3v) is 14.4. The first-order valence-electron chi connectivity index (χ1n) is 20.4. The molecule has 14 nitrogen and oxygen atoms in total. The molecule has 320 valence electrons. The molecule has 2 aliphatic carbocycles. The lowest BCUT2D eigenvalue weighted by Crippen LogP contribution is -2.51. The van der Waals surface area contributed by atoms with Crippen molar-refractivity contribution >= 4 is 44.3 Å². The van der Waals surface area contributed by atoms with E-state index in [4.69, 9.17) is 9.84 Å². The van der Waals surface area contributed by atoms with Crippen LogP contribution in [-0.2, 0) is 19.8 Å². The molecule has 8 rings (SSSR count). The van der Waals surface area contributed by atoms with E-state index in [0.29, 0.717) is 29.2 Å². The summed E-state index contributed by atoms with van der Waals surface area (Å²) >= 11 is 0. The number of rotatable bonds is 12. The first-order valence-corrected chi connectivity index (χ1v) is 21.8. The van der Waals surface area contributed by atoms with Crippen LogP contribution in [-0.4, -0.2) is 89.5 Å². The molecule has 3 heterocycles. The van der Waals surface area contributed by atoms with Crippen LogP contribution in [0.3, 0.4) is 0 Å². The fourth-order valence-electron chi connectivity index (χ4n) is 9.38. The maximum Gasteiger partial charge on any atom is 0.301 e. The topological polar surface area (TPSA) is 175 Å². The molecule has 4 aliphatic rings. The zero-order valence-corrected chi connectivity index (χ0v) is 33.9. The van der Waals surface area contributed by atoms with Crippen LogP contribution in [0.2, 0.25) is 0 Å². The number of nitrogens with zero attached hydrogens (tertiary/aromatic N) is 4. The van der Waals surface area contributed by atoms with E-state index in [9.17, 15) is 27.2 Å². The van der Waals surface area contributed by atoms with Crippen molar-refractivity contribution in [3.8, 4) is 11.5 Å². The monoisotopic (exact) mass is 851 g/mol. The van der Waals surface area contributed by atoms with Gasteiger partial charge in [0.15, 0.2) is 11.6 Å². The van der Waals surface area contributed by atoms with Gasteiger partial charge in [-0.3, -0.25) is 29.0 Å². The molecule has 0 radical (unpaired) electrons. The number of imide groups is 1. The minimum atomic E-state index is -4.26. The van der Waals surface area contributed by atoms with Crippen molar-refractivity contribution in [2.24, 2.45) is 5.41 Å². The van der Waals surface area contributed by atoms with Gasteiger partial charge in [0.2, 0.25) is 17.6 Å². The number of hydrogen-bond acceptors (Lipinski definition) is 10. The molecule has 3 aromatic carbocycles. The molecule has 2 amide bonds. The summed E-state index contributed by atoms with van der Waals surface area (Å²) in [7, 11) is -3.07. The summed E-state index contributed by atoms with van der Waals surface area (Å²) in [6.07, 6.45) is 9.58. The Kier molecular flexibility index (Phi) is 11.7. The Morgan fingerprint density at radius 2 is 1.70 bits per heavy atom. The lowest BCUT2D eigenvalue weighted by Gasteiger charge is -2.54.